The van der Waals surface area contributed by atoms with Gasteiger partial charge in [0.25, 0.3) is 0 Å². The van der Waals surface area contributed by atoms with Crippen LogP contribution in [0.3, 0.4) is 0 Å². The third kappa shape index (κ3) is 6.89. The predicted octanol–water partition coefficient (Wildman–Crippen LogP) is 2.42. The lowest BCUT2D eigenvalue weighted by Crippen LogP contribution is -2.38. The van der Waals surface area contributed by atoms with Crippen LogP contribution in [0.25, 0.3) is 0 Å². The van der Waals surface area contributed by atoms with Gasteiger partial charge in [0.2, 0.25) is 0 Å². The van der Waals surface area contributed by atoms with Gasteiger partial charge in [0, 0.05) is 6.54 Å². The normalized spacial score (nSPS) is 13.6. The molecule has 1 rings (SSSR count). The van der Waals surface area contributed by atoms with Crippen LogP contribution in [-0.4, -0.2) is 30.4 Å². The van der Waals surface area contributed by atoms with Crippen molar-refractivity contribution in [1.29, 1.82) is 0 Å². The molecule has 2 amide bonds. The van der Waals surface area contributed by atoms with Gasteiger partial charge in [0.1, 0.15) is 5.75 Å². The summed E-state index contributed by atoms with van der Waals surface area (Å²) in [5.41, 5.74) is 0.652. The van der Waals surface area contributed by atoms with Crippen molar-refractivity contribution in [1.82, 2.24) is 10.6 Å². The van der Waals surface area contributed by atoms with Crippen LogP contribution in [0.15, 0.2) is 24.3 Å². The molecule has 1 aromatic carbocycles. The lowest BCUT2D eigenvalue weighted by Gasteiger charge is -2.16. The van der Waals surface area contributed by atoms with E-state index >= 15 is 0 Å². The molecular formula is C14H20F2N2O3. The van der Waals surface area contributed by atoms with E-state index in [0.29, 0.717) is 18.5 Å². The summed E-state index contributed by atoms with van der Waals surface area (Å²) in [5, 5.41) is 14.4. The van der Waals surface area contributed by atoms with Crippen LogP contribution >= 0.6 is 0 Å². The average molecular weight is 302 g/mol. The molecule has 0 heterocycles. The molecule has 1 aromatic rings. The molecule has 0 spiro atoms. The number of rotatable bonds is 7. The summed E-state index contributed by atoms with van der Waals surface area (Å²) in [6.45, 7) is 0.837. The van der Waals surface area contributed by atoms with E-state index in [1.807, 2.05) is 0 Å². The molecule has 0 bridgehead atoms. The number of nitrogens with one attached hydrogen (secondary N) is 2. The fourth-order valence-electron chi connectivity index (χ4n) is 1.69. The minimum atomic E-state index is -2.88. The number of aliphatic hydroxyl groups excluding tert-OH is 1. The molecule has 0 saturated carbocycles. The minimum Gasteiger partial charge on any atom is -0.435 e. The molecule has 2 atom stereocenters. The topological polar surface area (TPSA) is 70.6 Å². The second kappa shape index (κ2) is 8.41. The molecule has 0 aromatic heterocycles. The summed E-state index contributed by atoms with van der Waals surface area (Å²) in [6, 6.07) is 5.41. The number of amides is 2. The largest absolute Gasteiger partial charge is 0.435 e. The first-order valence-corrected chi connectivity index (χ1v) is 6.65. The van der Waals surface area contributed by atoms with Crippen LogP contribution in [0.1, 0.15) is 31.9 Å². The molecule has 0 saturated heterocycles. The maximum Gasteiger partial charge on any atom is 0.387 e. The summed E-state index contributed by atoms with van der Waals surface area (Å²) >= 11 is 0. The molecule has 0 radical (unpaired) electrons. The van der Waals surface area contributed by atoms with E-state index in [0.717, 1.165) is 0 Å². The highest BCUT2D eigenvalue weighted by molar-refractivity contribution is 5.74. The van der Waals surface area contributed by atoms with E-state index in [1.54, 1.807) is 26.0 Å². The van der Waals surface area contributed by atoms with Crippen LogP contribution < -0.4 is 15.4 Å². The van der Waals surface area contributed by atoms with Gasteiger partial charge in [-0.05, 0) is 38.0 Å². The Hall–Kier alpha value is -1.89. The fraction of sp³-hybridized carbons (Fsp3) is 0.500. The minimum absolute atomic E-state index is 0.0469. The van der Waals surface area contributed by atoms with Crippen LogP contribution in [0, 0.1) is 0 Å². The smallest absolute Gasteiger partial charge is 0.387 e. The Bertz CT molecular complexity index is 456. The van der Waals surface area contributed by atoms with Crippen LogP contribution in [0.4, 0.5) is 13.6 Å². The number of hydrogen-bond donors (Lipinski definition) is 3. The van der Waals surface area contributed by atoms with Crippen molar-refractivity contribution in [3.8, 4) is 5.75 Å². The second-order valence-electron chi connectivity index (χ2n) is 4.71. The van der Waals surface area contributed by atoms with E-state index in [2.05, 4.69) is 15.4 Å². The first kappa shape index (κ1) is 17.2. The SMILES string of the molecule is CC(O)CCNC(=O)NC(C)c1cccc(OC(F)F)c1. The zero-order valence-corrected chi connectivity index (χ0v) is 12.0. The third-order valence-electron chi connectivity index (χ3n) is 2.78. The monoisotopic (exact) mass is 302 g/mol. The summed E-state index contributed by atoms with van der Waals surface area (Å²) in [5.74, 6) is 0.0469. The van der Waals surface area contributed by atoms with Crippen LogP contribution in [-0.2, 0) is 0 Å². The lowest BCUT2D eigenvalue weighted by atomic mass is 10.1. The molecular weight excluding hydrogens is 282 g/mol. The highest BCUT2D eigenvalue weighted by Crippen LogP contribution is 2.20. The van der Waals surface area contributed by atoms with Crippen molar-refractivity contribution in [3.63, 3.8) is 0 Å². The average Bonchev–Trinajstić information content (AvgIpc) is 2.37. The molecule has 7 heteroatoms. The zero-order chi connectivity index (χ0) is 15.8. The molecule has 118 valence electrons. The highest BCUT2D eigenvalue weighted by Gasteiger charge is 2.11. The van der Waals surface area contributed by atoms with Crippen LogP contribution in [0.2, 0.25) is 0 Å². The van der Waals surface area contributed by atoms with E-state index in [4.69, 9.17) is 5.11 Å². The van der Waals surface area contributed by atoms with Crippen molar-refractivity contribution in [2.45, 2.75) is 39.0 Å². The Labute approximate surface area is 122 Å². The van der Waals surface area contributed by atoms with Gasteiger partial charge in [-0.2, -0.15) is 8.78 Å². The lowest BCUT2D eigenvalue weighted by molar-refractivity contribution is -0.0499. The molecule has 3 N–H and O–H groups in total. The predicted molar refractivity (Wildman–Crippen MR) is 74.3 cm³/mol. The first-order valence-electron chi connectivity index (χ1n) is 6.65. The molecule has 0 aliphatic rings. The Morgan fingerprint density at radius 3 is 2.71 bits per heavy atom. The van der Waals surface area contributed by atoms with E-state index in [1.165, 1.54) is 12.1 Å². The molecule has 0 aliphatic carbocycles. The van der Waals surface area contributed by atoms with Gasteiger partial charge in [-0.25, -0.2) is 4.79 Å². The standard InChI is InChI=1S/C14H20F2N2O3/c1-9(19)6-7-17-14(20)18-10(2)11-4-3-5-12(8-11)21-13(15)16/h3-5,8-10,13,19H,6-7H2,1-2H3,(H2,17,18,20). The van der Waals surface area contributed by atoms with Gasteiger partial charge in [-0.15, -0.1) is 0 Å². The van der Waals surface area contributed by atoms with E-state index < -0.39 is 12.7 Å². The maximum atomic E-state index is 12.1. The fourth-order valence-corrected chi connectivity index (χ4v) is 1.69. The molecule has 0 fully saturated rings. The van der Waals surface area contributed by atoms with Gasteiger partial charge in [0.15, 0.2) is 0 Å². The number of hydrogen-bond acceptors (Lipinski definition) is 3. The Morgan fingerprint density at radius 2 is 2.10 bits per heavy atom. The number of ether oxygens (including phenoxy) is 1. The summed E-state index contributed by atoms with van der Waals surface area (Å²) in [4.78, 5) is 11.6. The Balaban J connectivity index is 2.50. The highest BCUT2D eigenvalue weighted by atomic mass is 19.3. The van der Waals surface area contributed by atoms with Crippen LogP contribution in [0.5, 0.6) is 5.75 Å². The first-order chi connectivity index (χ1) is 9.88. The molecule has 2 unspecified atom stereocenters. The van der Waals surface area contributed by atoms with Crippen molar-refractivity contribution in [2.75, 3.05) is 6.54 Å². The number of carbonyl (C=O) groups is 1. The van der Waals surface area contributed by atoms with Gasteiger partial charge in [-0.3, -0.25) is 0 Å². The Morgan fingerprint density at radius 1 is 1.38 bits per heavy atom. The third-order valence-corrected chi connectivity index (χ3v) is 2.78. The van der Waals surface area contributed by atoms with Crippen molar-refractivity contribution in [3.05, 3.63) is 29.8 Å². The number of urea groups is 1. The quantitative estimate of drug-likeness (QED) is 0.724. The van der Waals surface area contributed by atoms with Gasteiger partial charge < -0.3 is 20.5 Å². The summed E-state index contributed by atoms with van der Waals surface area (Å²) < 4.78 is 28.6. The number of carbonyl (C=O) groups excluding carboxylic acids is 1. The number of aliphatic hydroxyl groups is 1. The van der Waals surface area contributed by atoms with Gasteiger partial charge in [-0.1, -0.05) is 12.1 Å². The van der Waals surface area contributed by atoms with Crippen molar-refractivity contribution >= 4 is 6.03 Å². The maximum absolute atomic E-state index is 12.1. The molecule has 21 heavy (non-hydrogen) atoms. The van der Waals surface area contributed by atoms with Gasteiger partial charge in [0.05, 0.1) is 12.1 Å². The van der Waals surface area contributed by atoms with E-state index in [9.17, 15) is 13.6 Å². The molecule has 0 aliphatic heterocycles. The Kier molecular flexibility index (Phi) is 6.87. The van der Waals surface area contributed by atoms with Gasteiger partial charge >= 0.3 is 12.6 Å². The number of benzene rings is 1. The summed E-state index contributed by atoms with van der Waals surface area (Å²) in [6.07, 6.45) is -0.0228. The number of alkyl halides is 2. The second-order valence-corrected chi connectivity index (χ2v) is 4.71. The van der Waals surface area contributed by atoms with Crippen molar-refractivity contribution < 1.29 is 23.4 Å². The molecule has 5 nitrogen and oxygen atoms in total. The zero-order valence-electron chi connectivity index (χ0n) is 12.0. The summed E-state index contributed by atoms with van der Waals surface area (Å²) in [7, 11) is 0. The van der Waals surface area contributed by atoms with E-state index in [-0.39, 0.29) is 17.8 Å². The number of halogens is 2. The van der Waals surface area contributed by atoms with Crippen molar-refractivity contribution in [2.24, 2.45) is 0 Å².